The van der Waals surface area contributed by atoms with E-state index < -0.39 is 23.1 Å². The molecule has 19 heavy (non-hydrogen) atoms. The minimum absolute atomic E-state index is 0.0394. The number of hydrogen-bond donors (Lipinski definition) is 2. The molecule has 2 aromatic carbocycles. The van der Waals surface area contributed by atoms with Gasteiger partial charge in [-0.3, -0.25) is 4.79 Å². The van der Waals surface area contributed by atoms with Gasteiger partial charge in [-0.2, -0.15) is 0 Å². The molecule has 98 valence electrons. The van der Waals surface area contributed by atoms with E-state index in [0.717, 1.165) is 18.2 Å². The summed E-state index contributed by atoms with van der Waals surface area (Å²) in [4.78, 5) is 11.8. The molecule has 0 saturated carbocycles. The van der Waals surface area contributed by atoms with Gasteiger partial charge >= 0.3 is 0 Å². The summed E-state index contributed by atoms with van der Waals surface area (Å²) >= 11 is 5.66. The lowest BCUT2D eigenvalue weighted by atomic mass is 10.2. The van der Waals surface area contributed by atoms with Crippen molar-refractivity contribution in [2.24, 2.45) is 0 Å². The lowest BCUT2D eigenvalue weighted by molar-refractivity contribution is 0.102. The van der Waals surface area contributed by atoms with Gasteiger partial charge in [0.05, 0.1) is 10.6 Å². The van der Waals surface area contributed by atoms with Crippen molar-refractivity contribution in [1.82, 2.24) is 0 Å². The quantitative estimate of drug-likeness (QED) is 0.828. The number of benzene rings is 2. The Bertz CT molecular complexity index is 647. The third-order valence-electron chi connectivity index (χ3n) is 2.38. The molecular formula is C13H8ClF2NO2. The average Bonchev–Trinajstić information content (AvgIpc) is 2.36. The van der Waals surface area contributed by atoms with Crippen molar-refractivity contribution >= 4 is 23.2 Å². The van der Waals surface area contributed by atoms with Crippen LogP contribution in [0.4, 0.5) is 14.5 Å². The van der Waals surface area contributed by atoms with Crippen LogP contribution in [0.2, 0.25) is 5.02 Å². The van der Waals surface area contributed by atoms with E-state index in [0.29, 0.717) is 0 Å². The zero-order valence-corrected chi connectivity index (χ0v) is 10.2. The van der Waals surface area contributed by atoms with Crippen LogP contribution in [0.5, 0.6) is 5.75 Å². The Morgan fingerprint density at radius 2 is 1.89 bits per heavy atom. The molecule has 0 aromatic heterocycles. The van der Waals surface area contributed by atoms with Gasteiger partial charge < -0.3 is 10.4 Å². The summed E-state index contributed by atoms with van der Waals surface area (Å²) in [5, 5.41) is 11.6. The number of halogens is 3. The van der Waals surface area contributed by atoms with Crippen LogP contribution in [-0.2, 0) is 0 Å². The number of nitrogens with one attached hydrogen (secondary N) is 1. The van der Waals surface area contributed by atoms with Gasteiger partial charge in [-0.1, -0.05) is 11.6 Å². The molecule has 2 aromatic rings. The molecule has 0 heterocycles. The molecule has 0 bridgehead atoms. The van der Waals surface area contributed by atoms with E-state index in [4.69, 9.17) is 11.6 Å². The van der Waals surface area contributed by atoms with E-state index in [1.165, 1.54) is 18.2 Å². The Hall–Kier alpha value is -2.14. The summed E-state index contributed by atoms with van der Waals surface area (Å²) in [6.07, 6.45) is 0. The maximum absolute atomic E-state index is 13.4. The van der Waals surface area contributed by atoms with Crippen molar-refractivity contribution in [3.05, 3.63) is 58.6 Å². The Labute approximate surface area is 112 Å². The fourth-order valence-electron chi connectivity index (χ4n) is 1.45. The molecule has 1 amide bonds. The van der Waals surface area contributed by atoms with Crippen LogP contribution in [0.15, 0.2) is 36.4 Å². The van der Waals surface area contributed by atoms with Crippen LogP contribution >= 0.6 is 11.6 Å². The molecule has 0 aliphatic carbocycles. The normalized spacial score (nSPS) is 10.3. The molecule has 0 spiro atoms. The van der Waals surface area contributed by atoms with Crippen LogP contribution in [-0.4, -0.2) is 11.0 Å². The standard InChI is InChI=1S/C13H8ClF2NO2/c14-10-6-8(2-4-12(10)18)17-13(19)9-5-7(15)1-3-11(9)16/h1-6,18H,(H,17,19). The van der Waals surface area contributed by atoms with Gasteiger partial charge in [0, 0.05) is 5.69 Å². The van der Waals surface area contributed by atoms with E-state index in [-0.39, 0.29) is 16.5 Å². The highest BCUT2D eigenvalue weighted by molar-refractivity contribution is 6.32. The minimum atomic E-state index is -0.830. The van der Waals surface area contributed by atoms with Crippen molar-refractivity contribution in [3.8, 4) is 5.75 Å². The van der Waals surface area contributed by atoms with Gasteiger partial charge in [0.2, 0.25) is 0 Å². The summed E-state index contributed by atoms with van der Waals surface area (Å²) in [5.74, 6) is -2.49. The van der Waals surface area contributed by atoms with Crippen molar-refractivity contribution < 1.29 is 18.7 Å². The average molecular weight is 284 g/mol. The molecule has 0 unspecified atom stereocenters. The van der Waals surface area contributed by atoms with Gasteiger partial charge in [0.25, 0.3) is 5.91 Å². The smallest absolute Gasteiger partial charge is 0.258 e. The first-order valence-electron chi connectivity index (χ1n) is 5.22. The van der Waals surface area contributed by atoms with E-state index in [1.54, 1.807) is 0 Å². The molecule has 6 heteroatoms. The second-order valence-electron chi connectivity index (χ2n) is 3.74. The van der Waals surface area contributed by atoms with E-state index in [9.17, 15) is 18.7 Å². The first-order valence-corrected chi connectivity index (χ1v) is 5.60. The van der Waals surface area contributed by atoms with Crippen LogP contribution in [0.25, 0.3) is 0 Å². The van der Waals surface area contributed by atoms with Gasteiger partial charge in [0.1, 0.15) is 17.4 Å². The van der Waals surface area contributed by atoms with Crippen LogP contribution in [0.1, 0.15) is 10.4 Å². The molecule has 3 nitrogen and oxygen atoms in total. The van der Waals surface area contributed by atoms with Gasteiger partial charge in [-0.05, 0) is 36.4 Å². The third kappa shape index (κ3) is 3.00. The molecule has 2 N–H and O–H groups in total. The van der Waals surface area contributed by atoms with Gasteiger partial charge in [-0.25, -0.2) is 8.78 Å². The fraction of sp³-hybridized carbons (Fsp3) is 0. The number of carbonyl (C=O) groups excluding carboxylic acids is 1. The predicted octanol–water partition coefficient (Wildman–Crippen LogP) is 3.58. The third-order valence-corrected chi connectivity index (χ3v) is 2.68. The first kappa shape index (κ1) is 13.3. The monoisotopic (exact) mass is 283 g/mol. The Balaban J connectivity index is 2.25. The van der Waals surface area contributed by atoms with Crippen LogP contribution in [0.3, 0.4) is 0 Å². The summed E-state index contributed by atoms with van der Waals surface area (Å²) < 4.78 is 26.3. The molecule has 0 aliphatic heterocycles. The highest BCUT2D eigenvalue weighted by Gasteiger charge is 2.13. The molecule has 0 radical (unpaired) electrons. The number of amides is 1. The zero-order chi connectivity index (χ0) is 14.0. The summed E-state index contributed by atoms with van der Waals surface area (Å²) in [5.41, 5.74) is -0.152. The predicted molar refractivity (Wildman–Crippen MR) is 67.4 cm³/mol. The van der Waals surface area contributed by atoms with E-state index in [2.05, 4.69) is 5.32 Å². The Morgan fingerprint density at radius 3 is 2.58 bits per heavy atom. The second-order valence-corrected chi connectivity index (χ2v) is 4.15. The number of hydrogen-bond acceptors (Lipinski definition) is 2. The van der Waals surface area contributed by atoms with E-state index in [1.807, 2.05) is 0 Å². The number of rotatable bonds is 2. The molecule has 0 saturated heterocycles. The maximum atomic E-state index is 13.4. The van der Waals surface area contributed by atoms with Gasteiger partial charge in [0.15, 0.2) is 0 Å². The van der Waals surface area contributed by atoms with Crippen LogP contribution in [0, 0.1) is 11.6 Å². The molecule has 2 rings (SSSR count). The van der Waals surface area contributed by atoms with Crippen molar-refractivity contribution in [2.45, 2.75) is 0 Å². The number of anilines is 1. The topological polar surface area (TPSA) is 49.3 Å². The summed E-state index contributed by atoms with van der Waals surface area (Å²) in [6.45, 7) is 0. The van der Waals surface area contributed by atoms with Crippen molar-refractivity contribution in [1.29, 1.82) is 0 Å². The Morgan fingerprint density at radius 1 is 1.16 bits per heavy atom. The number of phenolic OH excluding ortho intramolecular Hbond substituents is 1. The Kier molecular flexibility index (Phi) is 3.66. The van der Waals surface area contributed by atoms with Crippen molar-refractivity contribution in [2.75, 3.05) is 5.32 Å². The SMILES string of the molecule is O=C(Nc1ccc(O)c(Cl)c1)c1cc(F)ccc1F. The summed E-state index contributed by atoms with van der Waals surface area (Å²) in [7, 11) is 0. The number of phenols is 1. The summed E-state index contributed by atoms with van der Waals surface area (Å²) in [6, 6.07) is 6.55. The van der Waals surface area contributed by atoms with Crippen molar-refractivity contribution in [3.63, 3.8) is 0 Å². The highest BCUT2D eigenvalue weighted by Crippen LogP contribution is 2.26. The lowest BCUT2D eigenvalue weighted by Gasteiger charge is -2.07. The first-order chi connectivity index (χ1) is 8.97. The fourth-order valence-corrected chi connectivity index (χ4v) is 1.64. The lowest BCUT2D eigenvalue weighted by Crippen LogP contribution is -2.14. The maximum Gasteiger partial charge on any atom is 0.258 e. The largest absolute Gasteiger partial charge is 0.506 e. The zero-order valence-electron chi connectivity index (χ0n) is 9.45. The second kappa shape index (κ2) is 5.24. The highest BCUT2D eigenvalue weighted by atomic mass is 35.5. The number of aromatic hydroxyl groups is 1. The molecule has 0 atom stereocenters. The van der Waals surface area contributed by atoms with E-state index >= 15 is 0 Å². The van der Waals surface area contributed by atoms with Gasteiger partial charge in [-0.15, -0.1) is 0 Å². The molecular weight excluding hydrogens is 276 g/mol. The van der Waals surface area contributed by atoms with Crippen LogP contribution < -0.4 is 5.32 Å². The number of carbonyl (C=O) groups is 1. The minimum Gasteiger partial charge on any atom is -0.506 e. The molecule has 0 aliphatic rings. The molecule has 0 fully saturated rings.